The van der Waals surface area contributed by atoms with E-state index in [1.807, 2.05) is 30.3 Å². The number of halogens is 1. The van der Waals surface area contributed by atoms with Gasteiger partial charge in [-0.05, 0) is 57.5 Å². The molecule has 1 aromatic heterocycles. The van der Waals surface area contributed by atoms with Crippen molar-refractivity contribution in [1.82, 2.24) is 15.2 Å². The standard InChI is InChI=1S/C26H30FN5O4/c1-15(2)36-25(35)32-13-18-21(19(33)14-32)23(29-17-8-6-5-7-9-17)22(30-18)16-10-11-28-20(12-16)31-24(34)26(3,4)27/h5-13,15,21-23,29-30H,14H2,1-4H3,(H,28,31,34). The second kappa shape index (κ2) is 9.96. The minimum Gasteiger partial charge on any atom is -0.446 e. The third-order valence-electron chi connectivity index (χ3n) is 5.95. The molecule has 2 aliphatic rings. The summed E-state index contributed by atoms with van der Waals surface area (Å²) in [6.07, 6.45) is 2.22. The highest BCUT2D eigenvalue weighted by atomic mass is 19.1. The van der Waals surface area contributed by atoms with E-state index in [9.17, 15) is 18.8 Å². The summed E-state index contributed by atoms with van der Waals surface area (Å²) in [5, 5.41) is 9.32. The highest BCUT2D eigenvalue weighted by molar-refractivity contribution is 5.96. The third kappa shape index (κ3) is 5.48. The molecule has 0 saturated carbocycles. The molecule has 2 amide bonds. The Morgan fingerprint density at radius 3 is 2.61 bits per heavy atom. The average molecular weight is 496 g/mol. The van der Waals surface area contributed by atoms with Crippen molar-refractivity contribution >= 4 is 29.3 Å². The number of hydrogen-bond acceptors (Lipinski definition) is 7. The van der Waals surface area contributed by atoms with E-state index in [4.69, 9.17) is 4.74 Å². The van der Waals surface area contributed by atoms with Gasteiger partial charge in [-0.25, -0.2) is 14.2 Å². The van der Waals surface area contributed by atoms with Gasteiger partial charge < -0.3 is 20.7 Å². The first-order valence-corrected chi connectivity index (χ1v) is 11.8. The van der Waals surface area contributed by atoms with Crippen LogP contribution in [0.5, 0.6) is 0 Å². The smallest absolute Gasteiger partial charge is 0.414 e. The van der Waals surface area contributed by atoms with Gasteiger partial charge in [0.2, 0.25) is 0 Å². The fourth-order valence-corrected chi connectivity index (χ4v) is 4.26. The number of alkyl halides is 1. The van der Waals surface area contributed by atoms with Gasteiger partial charge in [-0.2, -0.15) is 0 Å². The Bertz CT molecular complexity index is 1180. The molecule has 1 fully saturated rings. The lowest BCUT2D eigenvalue weighted by atomic mass is 9.88. The summed E-state index contributed by atoms with van der Waals surface area (Å²) < 4.78 is 19.3. The second-order valence-corrected chi connectivity index (χ2v) is 9.65. The largest absolute Gasteiger partial charge is 0.446 e. The molecule has 0 spiro atoms. The summed E-state index contributed by atoms with van der Waals surface area (Å²) in [5.74, 6) is -1.30. The number of aromatic nitrogens is 1. The lowest BCUT2D eigenvalue weighted by Gasteiger charge is -2.29. The van der Waals surface area contributed by atoms with Crippen molar-refractivity contribution in [3.63, 3.8) is 0 Å². The van der Waals surface area contributed by atoms with E-state index in [1.54, 1.807) is 32.2 Å². The summed E-state index contributed by atoms with van der Waals surface area (Å²) in [7, 11) is 0. The van der Waals surface area contributed by atoms with Crippen molar-refractivity contribution in [2.24, 2.45) is 5.92 Å². The number of hydrogen-bond donors (Lipinski definition) is 3. The molecule has 4 rings (SSSR count). The number of pyridine rings is 1. The van der Waals surface area contributed by atoms with Crippen LogP contribution in [0.15, 0.2) is 60.6 Å². The number of nitrogens with one attached hydrogen (secondary N) is 3. The first kappa shape index (κ1) is 25.2. The predicted molar refractivity (Wildman–Crippen MR) is 133 cm³/mol. The zero-order chi connectivity index (χ0) is 26.0. The van der Waals surface area contributed by atoms with Gasteiger partial charge in [0.25, 0.3) is 5.91 Å². The van der Waals surface area contributed by atoms with Crippen molar-refractivity contribution in [2.45, 2.75) is 51.6 Å². The Labute approximate surface area is 209 Å². The van der Waals surface area contributed by atoms with Gasteiger partial charge in [-0.15, -0.1) is 0 Å². The summed E-state index contributed by atoms with van der Waals surface area (Å²) in [6.45, 7) is 5.72. The van der Waals surface area contributed by atoms with Crippen molar-refractivity contribution in [1.29, 1.82) is 0 Å². The van der Waals surface area contributed by atoms with E-state index in [0.717, 1.165) is 11.3 Å². The number of amides is 2. The zero-order valence-electron chi connectivity index (χ0n) is 20.6. The Kier molecular flexibility index (Phi) is 6.96. The van der Waals surface area contributed by atoms with Crippen molar-refractivity contribution in [3.8, 4) is 0 Å². The number of anilines is 2. The number of para-hydroxylation sites is 1. The number of ether oxygens (including phenoxy) is 1. The zero-order valence-corrected chi connectivity index (χ0v) is 20.6. The monoisotopic (exact) mass is 495 g/mol. The normalized spacial score (nSPS) is 21.4. The lowest BCUT2D eigenvalue weighted by Crippen LogP contribution is -2.44. The molecule has 2 aromatic rings. The Hall–Kier alpha value is -3.95. The second-order valence-electron chi connectivity index (χ2n) is 9.65. The van der Waals surface area contributed by atoms with Crippen molar-refractivity contribution in [2.75, 3.05) is 17.2 Å². The van der Waals surface area contributed by atoms with E-state index in [-0.39, 0.29) is 24.2 Å². The molecular weight excluding hydrogens is 465 g/mol. The van der Waals surface area contributed by atoms with Crippen LogP contribution < -0.4 is 16.0 Å². The minimum absolute atomic E-state index is 0.107. The topological polar surface area (TPSA) is 113 Å². The number of nitrogens with zero attached hydrogens (tertiary/aromatic N) is 2. The van der Waals surface area contributed by atoms with E-state index in [0.29, 0.717) is 5.70 Å². The highest BCUT2D eigenvalue weighted by Gasteiger charge is 2.47. The summed E-state index contributed by atoms with van der Waals surface area (Å²) in [5.41, 5.74) is 0.0650. The van der Waals surface area contributed by atoms with E-state index in [1.165, 1.54) is 24.9 Å². The highest BCUT2D eigenvalue weighted by Crippen LogP contribution is 2.39. The maximum Gasteiger partial charge on any atom is 0.414 e. The molecule has 3 N–H and O–H groups in total. The van der Waals surface area contributed by atoms with Gasteiger partial charge in [0, 0.05) is 23.8 Å². The predicted octanol–water partition coefficient (Wildman–Crippen LogP) is 3.78. The number of ketones is 1. The molecule has 3 atom stereocenters. The van der Waals surface area contributed by atoms with Gasteiger partial charge in [0.15, 0.2) is 11.5 Å². The van der Waals surface area contributed by atoms with Crippen molar-refractivity contribution < 1.29 is 23.5 Å². The third-order valence-corrected chi connectivity index (χ3v) is 5.95. The van der Waals surface area contributed by atoms with Crippen LogP contribution in [-0.2, 0) is 14.3 Å². The number of fused-ring (bicyclic) bond motifs is 1. The number of carbonyl (C=O) groups is 3. The molecule has 3 heterocycles. The maximum absolute atomic E-state index is 14.0. The Morgan fingerprint density at radius 1 is 1.22 bits per heavy atom. The van der Waals surface area contributed by atoms with Gasteiger partial charge >= 0.3 is 6.09 Å². The Morgan fingerprint density at radius 2 is 1.94 bits per heavy atom. The van der Waals surface area contributed by atoms with E-state index < -0.39 is 35.7 Å². The van der Waals surface area contributed by atoms with Crippen LogP contribution in [0.25, 0.3) is 0 Å². The number of rotatable bonds is 6. The van der Waals surface area contributed by atoms with Gasteiger partial charge in [-0.1, -0.05) is 18.2 Å². The summed E-state index contributed by atoms with van der Waals surface area (Å²) in [6, 6.07) is 12.1. The molecule has 1 aromatic carbocycles. The fourth-order valence-electron chi connectivity index (χ4n) is 4.26. The van der Waals surface area contributed by atoms with E-state index >= 15 is 0 Å². The fraction of sp³-hybridized carbons (Fsp3) is 0.385. The summed E-state index contributed by atoms with van der Waals surface area (Å²) >= 11 is 0. The first-order chi connectivity index (χ1) is 17.0. The van der Waals surface area contributed by atoms with Crippen LogP contribution in [0, 0.1) is 5.92 Å². The molecular formula is C26H30FN5O4. The number of benzene rings is 1. The van der Waals surface area contributed by atoms with E-state index in [2.05, 4.69) is 20.9 Å². The SMILES string of the molecule is CC(C)OC(=O)N1C=C2NC(c3ccnc(NC(=O)C(C)(C)F)c3)C(Nc3ccccc3)C2C(=O)C1. The maximum atomic E-state index is 14.0. The summed E-state index contributed by atoms with van der Waals surface area (Å²) in [4.78, 5) is 43.3. The lowest BCUT2D eigenvalue weighted by molar-refractivity contribution is -0.125. The van der Waals surface area contributed by atoms with Crippen LogP contribution in [0.2, 0.25) is 0 Å². The quantitative estimate of drug-likeness (QED) is 0.559. The number of Topliss-reactive ketones (excluding diaryl/α,β-unsaturated/α-hetero) is 1. The molecule has 36 heavy (non-hydrogen) atoms. The van der Waals surface area contributed by atoms with Gasteiger partial charge in [0.1, 0.15) is 5.82 Å². The molecule has 0 bridgehead atoms. The van der Waals surface area contributed by atoms with Crippen LogP contribution in [-0.4, -0.2) is 52.0 Å². The molecule has 10 heteroatoms. The molecule has 2 aliphatic heterocycles. The first-order valence-electron chi connectivity index (χ1n) is 11.8. The van der Waals surface area contributed by atoms with Gasteiger partial charge in [-0.3, -0.25) is 14.5 Å². The van der Waals surface area contributed by atoms with Gasteiger partial charge in [0.05, 0.1) is 30.7 Å². The van der Waals surface area contributed by atoms with Crippen LogP contribution in [0.1, 0.15) is 39.3 Å². The minimum atomic E-state index is -2.07. The average Bonchev–Trinajstić information content (AvgIpc) is 3.17. The molecule has 1 saturated heterocycles. The van der Waals surface area contributed by atoms with Crippen molar-refractivity contribution in [3.05, 3.63) is 66.1 Å². The number of carbonyl (C=O) groups excluding carboxylic acids is 3. The molecule has 190 valence electrons. The molecule has 0 aliphatic carbocycles. The molecule has 0 radical (unpaired) electrons. The molecule has 3 unspecified atom stereocenters. The molecule has 9 nitrogen and oxygen atoms in total. The van der Waals surface area contributed by atoms with Crippen LogP contribution in [0.3, 0.4) is 0 Å². The Balaban J connectivity index is 1.67. The van der Waals surface area contributed by atoms with Crippen LogP contribution >= 0.6 is 0 Å². The van der Waals surface area contributed by atoms with Crippen LogP contribution in [0.4, 0.5) is 20.7 Å².